The van der Waals surface area contributed by atoms with Gasteiger partial charge in [0.15, 0.2) is 17.5 Å². The lowest BCUT2D eigenvalue weighted by Crippen LogP contribution is -2.01. The molecule has 3 rings (SSSR count). The summed E-state index contributed by atoms with van der Waals surface area (Å²) in [7, 11) is 0. The van der Waals surface area contributed by atoms with Crippen LogP contribution in [0.5, 0.6) is 0 Å². The number of rotatable bonds is 3. The van der Waals surface area contributed by atoms with Gasteiger partial charge in [-0.1, -0.05) is 18.2 Å². The van der Waals surface area contributed by atoms with Gasteiger partial charge in [-0.25, -0.2) is 13.2 Å². The van der Waals surface area contributed by atoms with Gasteiger partial charge in [-0.05, 0) is 22.4 Å². The van der Waals surface area contributed by atoms with Crippen molar-refractivity contribution < 1.29 is 13.2 Å². The number of benzene rings is 2. The minimum Gasteiger partial charge on any atom is -0.381 e. The molecule has 5 heteroatoms. The first-order chi connectivity index (χ1) is 9.65. The molecule has 0 aliphatic carbocycles. The maximum absolute atomic E-state index is 13.1. The van der Waals surface area contributed by atoms with Gasteiger partial charge in [-0.3, -0.25) is 0 Å². The molecule has 1 aromatic heterocycles. The van der Waals surface area contributed by atoms with Crippen molar-refractivity contribution in [1.29, 1.82) is 0 Å². The Balaban J connectivity index is 1.83. The smallest absolute Gasteiger partial charge is 0.194 e. The minimum absolute atomic E-state index is 0.219. The number of hydrogen-bond acceptors (Lipinski definition) is 2. The van der Waals surface area contributed by atoms with E-state index < -0.39 is 17.5 Å². The van der Waals surface area contributed by atoms with Crippen molar-refractivity contribution in [3.63, 3.8) is 0 Å². The first-order valence-electron chi connectivity index (χ1n) is 5.98. The van der Waals surface area contributed by atoms with E-state index in [2.05, 4.69) is 5.32 Å². The van der Waals surface area contributed by atoms with Crippen LogP contribution in [0.4, 0.5) is 18.9 Å². The fourth-order valence-corrected chi connectivity index (χ4v) is 2.99. The molecule has 0 radical (unpaired) electrons. The second-order valence-electron chi connectivity index (χ2n) is 4.36. The summed E-state index contributed by atoms with van der Waals surface area (Å²) >= 11 is 1.61. The van der Waals surface area contributed by atoms with Gasteiger partial charge in [0, 0.05) is 29.1 Å². The van der Waals surface area contributed by atoms with Crippen molar-refractivity contribution in [3.05, 3.63) is 64.8 Å². The molecule has 0 unspecified atom stereocenters. The molecule has 0 aliphatic rings. The summed E-state index contributed by atoms with van der Waals surface area (Å²) < 4.78 is 40.2. The fourth-order valence-electron chi connectivity index (χ4n) is 2.02. The normalized spacial score (nSPS) is 10.9. The Bertz CT molecular complexity index is 744. The molecule has 3 aromatic rings. The lowest BCUT2D eigenvalue weighted by molar-refractivity contribution is 0.447. The Morgan fingerprint density at radius 1 is 1.00 bits per heavy atom. The highest BCUT2D eigenvalue weighted by molar-refractivity contribution is 7.17. The molecule has 1 heterocycles. The van der Waals surface area contributed by atoms with E-state index in [0.717, 1.165) is 27.8 Å². The lowest BCUT2D eigenvalue weighted by Gasteiger charge is -2.07. The second-order valence-corrected chi connectivity index (χ2v) is 5.28. The molecule has 1 nitrogen and oxygen atoms in total. The summed E-state index contributed by atoms with van der Waals surface area (Å²) in [6.07, 6.45) is 0. The molecule has 0 saturated carbocycles. The Morgan fingerprint density at radius 2 is 1.70 bits per heavy atom. The van der Waals surface area contributed by atoms with Gasteiger partial charge >= 0.3 is 0 Å². The van der Waals surface area contributed by atoms with Gasteiger partial charge in [0.05, 0.1) is 0 Å². The van der Waals surface area contributed by atoms with Crippen LogP contribution >= 0.6 is 11.3 Å². The van der Waals surface area contributed by atoms with Crippen LogP contribution in [0.3, 0.4) is 0 Å². The predicted molar refractivity (Wildman–Crippen MR) is 75.5 cm³/mol. The molecule has 2 aromatic carbocycles. The first kappa shape index (κ1) is 13.0. The van der Waals surface area contributed by atoms with Crippen molar-refractivity contribution >= 4 is 27.1 Å². The van der Waals surface area contributed by atoms with Gasteiger partial charge in [-0.15, -0.1) is 11.3 Å². The number of hydrogen-bond donors (Lipinski definition) is 1. The highest BCUT2D eigenvalue weighted by atomic mass is 32.1. The Morgan fingerprint density at radius 3 is 2.45 bits per heavy atom. The third kappa shape index (κ3) is 2.36. The molecule has 1 N–H and O–H groups in total. The largest absolute Gasteiger partial charge is 0.381 e. The quantitative estimate of drug-likeness (QED) is 0.675. The van der Waals surface area contributed by atoms with Gasteiger partial charge < -0.3 is 5.32 Å². The van der Waals surface area contributed by atoms with Crippen molar-refractivity contribution in [3.8, 4) is 0 Å². The van der Waals surface area contributed by atoms with Crippen LogP contribution in [0.25, 0.3) is 10.1 Å². The molecule has 0 atom stereocenters. The zero-order valence-corrected chi connectivity index (χ0v) is 11.1. The van der Waals surface area contributed by atoms with Crippen LogP contribution in [0.2, 0.25) is 0 Å². The van der Waals surface area contributed by atoms with Crippen molar-refractivity contribution in [1.82, 2.24) is 0 Å². The zero-order valence-electron chi connectivity index (χ0n) is 10.3. The summed E-state index contributed by atoms with van der Waals surface area (Å²) in [5.74, 6) is -3.83. The van der Waals surface area contributed by atoms with Gasteiger partial charge in [0.25, 0.3) is 0 Å². The lowest BCUT2D eigenvalue weighted by atomic mass is 10.2. The Labute approximate surface area is 117 Å². The van der Waals surface area contributed by atoms with E-state index in [4.69, 9.17) is 0 Å². The summed E-state index contributed by atoms with van der Waals surface area (Å²) in [6, 6.07) is 9.81. The molecule has 0 bridgehead atoms. The SMILES string of the molecule is Fc1cc(NCc2csc3ccccc23)cc(F)c1F. The predicted octanol–water partition coefficient (Wildman–Crippen LogP) is 4.93. The molecule has 0 aliphatic heterocycles. The second kappa shape index (κ2) is 5.17. The van der Waals surface area contributed by atoms with E-state index in [1.54, 1.807) is 11.3 Å². The number of nitrogens with one attached hydrogen (secondary N) is 1. The van der Waals surface area contributed by atoms with E-state index in [-0.39, 0.29) is 5.69 Å². The van der Waals surface area contributed by atoms with Crippen LogP contribution in [0.1, 0.15) is 5.56 Å². The van der Waals surface area contributed by atoms with Crippen molar-refractivity contribution in [2.45, 2.75) is 6.54 Å². The van der Waals surface area contributed by atoms with Crippen molar-refractivity contribution in [2.24, 2.45) is 0 Å². The summed E-state index contributed by atoms with van der Waals surface area (Å²) in [6.45, 7) is 0.425. The topological polar surface area (TPSA) is 12.0 Å². The van der Waals surface area contributed by atoms with Crippen molar-refractivity contribution in [2.75, 3.05) is 5.32 Å². The summed E-state index contributed by atoms with van der Waals surface area (Å²) in [5, 5.41) is 6.01. The molecular weight excluding hydrogens is 283 g/mol. The zero-order chi connectivity index (χ0) is 14.1. The van der Waals surface area contributed by atoms with Crippen LogP contribution < -0.4 is 5.32 Å². The van der Waals surface area contributed by atoms with E-state index >= 15 is 0 Å². The number of thiophene rings is 1. The monoisotopic (exact) mass is 293 g/mol. The van der Waals surface area contributed by atoms with E-state index in [0.29, 0.717) is 6.54 Å². The van der Waals surface area contributed by atoms with Crippen LogP contribution in [0, 0.1) is 17.5 Å². The minimum atomic E-state index is -1.45. The highest BCUT2D eigenvalue weighted by Crippen LogP contribution is 2.26. The maximum atomic E-state index is 13.1. The standard InChI is InChI=1S/C15H10F3NS/c16-12-5-10(6-13(17)15(12)18)19-7-9-8-20-14-4-2-1-3-11(9)14/h1-6,8,19H,7H2. The third-order valence-corrected chi connectivity index (χ3v) is 4.04. The van der Waals surface area contributed by atoms with E-state index in [1.165, 1.54) is 0 Å². The third-order valence-electron chi connectivity index (χ3n) is 3.03. The highest BCUT2D eigenvalue weighted by Gasteiger charge is 2.10. The molecule has 20 heavy (non-hydrogen) atoms. The molecule has 0 spiro atoms. The van der Waals surface area contributed by atoms with E-state index in [9.17, 15) is 13.2 Å². The maximum Gasteiger partial charge on any atom is 0.194 e. The molecule has 0 amide bonds. The van der Waals surface area contributed by atoms with E-state index in [1.807, 2.05) is 29.6 Å². The average Bonchev–Trinajstić information content (AvgIpc) is 2.85. The summed E-state index contributed by atoms with van der Waals surface area (Å²) in [5.41, 5.74) is 1.26. The summed E-state index contributed by atoms with van der Waals surface area (Å²) in [4.78, 5) is 0. The molecular formula is C15H10F3NS. The molecule has 0 saturated heterocycles. The molecule has 0 fully saturated rings. The number of anilines is 1. The Hall–Kier alpha value is -2.01. The van der Waals surface area contributed by atoms with Gasteiger partial charge in [0.2, 0.25) is 0 Å². The number of halogens is 3. The average molecular weight is 293 g/mol. The van der Waals surface area contributed by atoms with Crippen LogP contribution in [0.15, 0.2) is 41.8 Å². The van der Waals surface area contributed by atoms with Gasteiger partial charge in [0.1, 0.15) is 0 Å². The van der Waals surface area contributed by atoms with Crippen LogP contribution in [-0.2, 0) is 6.54 Å². The fraction of sp³-hybridized carbons (Fsp3) is 0.0667. The number of fused-ring (bicyclic) bond motifs is 1. The van der Waals surface area contributed by atoms with Crippen LogP contribution in [-0.4, -0.2) is 0 Å². The first-order valence-corrected chi connectivity index (χ1v) is 6.86. The van der Waals surface area contributed by atoms with Gasteiger partial charge in [-0.2, -0.15) is 0 Å². The Kier molecular flexibility index (Phi) is 3.36. The molecule has 102 valence electrons.